The summed E-state index contributed by atoms with van der Waals surface area (Å²) in [6.45, 7) is 7.65. The van der Waals surface area contributed by atoms with Gasteiger partial charge < -0.3 is 5.32 Å². The molecule has 1 heterocycles. The first-order chi connectivity index (χ1) is 8.15. The Hall–Kier alpha value is -0.640. The van der Waals surface area contributed by atoms with Gasteiger partial charge in [0.15, 0.2) is 0 Å². The fourth-order valence-corrected chi connectivity index (χ4v) is 3.29. The first-order valence-corrected chi connectivity index (χ1v) is 7.50. The molecule has 0 unspecified atom stereocenters. The molecule has 1 aliphatic carbocycles. The van der Waals surface area contributed by atoms with E-state index in [1.807, 2.05) is 0 Å². The Balaban J connectivity index is 1.92. The van der Waals surface area contributed by atoms with Crippen molar-refractivity contribution in [2.45, 2.75) is 58.8 Å². The summed E-state index contributed by atoms with van der Waals surface area (Å²) in [5, 5.41) is 4.49. The predicted molar refractivity (Wildman–Crippen MR) is 73.7 cm³/mol. The Morgan fingerprint density at radius 3 is 2.59 bits per heavy atom. The van der Waals surface area contributed by atoms with E-state index in [9.17, 15) is 0 Å². The summed E-state index contributed by atoms with van der Waals surface area (Å²) in [6, 6.07) is 0. The van der Waals surface area contributed by atoms with Crippen molar-refractivity contribution >= 4 is 16.7 Å². The lowest BCUT2D eigenvalue weighted by Gasteiger charge is -2.27. The maximum atomic E-state index is 4.53. The second-order valence-corrected chi connectivity index (χ2v) is 6.28. The van der Waals surface area contributed by atoms with Crippen molar-refractivity contribution in [2.24, 2.45) is 5.41 Å². The second-order valence-electron chi connectivity index (χ2n) is 5.53. The minimum absolute atomic E-state index is 0.424. The summed E-state index contributed by atoms with van der Waals surface area (Å²) in [4.78, 5) is 4.53. The van der Waals surface area contributed by atoms with Crippen molar-refractivity contribution in [3.8, 4) is 0 Å². The number of hydrogen-bond donors (Lipinski definition) is 1. The molecule has 0 aromatic carbocycles. The van der Waals surface area contributed by atoms with Gasteiger partial charge in [-0.25, -0.2) is 4.98 Å². The maximum absolute atomic E-state index is 4.53. The van der Waals surface area contributed by atoms with Crippen LogP contribution in [0.2, 0.25) is 0 Å². The fraction of sp³-hybridized carbons (Fsp3) is 0.846. The average molecular weight is 253 g/mol. The lowest BCUT2D eigenvalue weighted by Crippen LogP contribution is -2.25. The molecule has 17 heavy (non-hydrogen) atoms. The highest BCUT2D eigenvalue weighted by atomic mass is 32.1. The van der Waals surface area contributed by atoms with Crippen LogP contribution in [0.25, 0.3) is 0 Å². The Morgan fingerprint density at radius 2 is 2.06 bits per heavy atom. The third-order valence-corrected chi connectivity index (χ3v) is 4.67. The molecule has 0 aliphatic heterocycles. The van der Waals surface area contributed by atoms with E-state index in [-0.39, 0.29) is 0 Å². The molecule has 4 heteroatoms. The van der Waals surface area contributed by atoms with Crippen LogP contribution < -0.4 is 5.32 Å². The molecule has 96 valence electrons. The van der Waals surface area contributed by atoms with Gasteiger partial charge in [-0.15, -0.1) is 0 Å². The summed E-state index contributed by atoms with van der Waals surface area (Å²) in [7, 11) is 0. The van der Waals surface area contributed by atoms with Gasteiger partial charge in [0.1, 0.15) is 5.82 Å². The van der Waals surface area contributed by atoms with E-state index in [0.29, 0.717) is 11.3 Å². The molecule has 1 N–H and O–H groups in total. The van der Waals surface area contributed by atoms with Crippen molar-refractivity contribution < 1.29 is 0 Å². The van der Waals surface area contributed by atoms with Crippen LogP contribution in [0.3, 0.4) is 0 Å². The van der Waals surface area contributed by atoms with E-state index in [4.69, 9.17) is 0 Å². The second kappa shape index (κ2) is 5.34. The fourth-order valence-electron chi connectivity index (χ4n) is 2.58. The summed E-state index contributed by atoms with van der Waals surface area (Å²) >= 11 is 1.50. The Morgan fingerprint density at radius 1 is 1.35 bits per heavy atom. The van der Waals surface area contributed by atoms with E-state index >= 15 is 0 Å². The summed E-state index contributed by atoms with van der Waals surface area (Å²) < 4.78 is 4.38. The standard InChI is InChI=1S/C13H23N3S/c1-4-13(7-5-6-8-13)9-14-12-15-11(10(2)3)16-17-12/h10H,4-9H2,1-3H3,(H,14,15,16). The number of nitrogens with zero attached hydrogens (tertiary/aromatic N) is 2. The summed E-state index contributed by atoms with van der Waals surface area (Å²) in [5.41, 5.74) is 0.518. The van der Waals surface area contributed by atoms with Crippen molar-refractivity contribution in [1.82, 2.24) is 9.36 Å². The van der Waals surface area contributed by atoms with Crippen molar-refractivity contribution in [1.29, 1.82) is 0 Å². The molecule has 1 aromatic rings. The molecule has 0 spiro atoms. The van der Waals surface area contributed by atoms with Crippen LogP contribution in [0.1, 0.15) is 64.6 Å². The quantitative estimate of drug-likeness (QED) is 0.860. The molecule has 0 radical (unpaired) electrons. The molecule has 1 aromatic heterocycles. The predicted octanol–water partition coefficient (Wildman–Crippen LogP) is 4.04. The van der Waals surface area contributed by atoms with Crippen LogP contribution in [-0.2, 0) is 0 Å². The summed E-state index contributed by atoms with van der Waals surface area (Å²) in [6.07, 6.45) is 6.79. The lowest BCUT2D eigenvalue weighted by molar-refractivity contribution is 0.307. The van der Waals surface area contributed by atoms with Gasteiger partial charge in [0, 0.05) is 24.0 Å². The number of rotatable bonds is 5. The molecular weight excluding hydrogens is 230 g/mol. The van der Waals surface area contributed by atoms with Gasteiger partial charge in [-0.05, 0) is 24.7 Å². The van der Waals surface area contributed by atoms with Gasteiger partial charge in [-0.1, -0.05) is 33.6 Å². The zero-order valence-corrected chi connectivity index (χ0v) is 11.9. The van der Waals surface area contributed by atoms with Gasteiger partial charge >= 0.3 is 0 Å². The van der Waals surface area contributed by atoms with Crippen LogP contribution in [-0.4, -0.2) is 15.9 Å². The maximum Gasteiger partial charge on any atom is 0.202 e. The summed E-state index contributed by atoms with van der Waals surface area (Å²) in [5.74, 6) is 1.39. The lowest BCUT2D eigenvalue weighted by atomic mass is 9.83. The van der Waals surface area contributed by atoms with Gasteiger partial charge in [-0.3, -0.25) is 0 Å². The molecule has 1 fully saturated rings. The number of anilines is 1. The molecular formula is C13H23N3S. The smallest absolute Gasteiger partial charge is 0.202 e. The van der Waals surface area contributed by atoms with Crippen LogP contribution in [0.5, 0.6) is 0 Å². The highest BCUT2D eigenvalue weighted by Crippen LogP contribution is 2.41. The van der Waals surface area contributed by atoms with E-state index in [0.717, 1.165) is 17.5 Å². The molecule has 2 rings (SSSR count). The Labute approximate surface area is 108 Å². The number of hydrogen-bond acceptors (Lipinski definition) is 4. The van der Waals surface area contributed by atoms with Crippen molar-refractivity contribution in [3.63, 3.8) is 0 Å². The topological polar surface area (TPSA) is 37.8 Å². The van der Waals surface area contributed by atoms with Gasteiger partial charge in [0.05, 0.1) is 0 Å². The van der Waals surface area contributed by atoms with Crippen molar-refractivity contribution in [3.05, 3.63) is 5.82 Å². The molecule has 1 aliphatic rings. The zero-order valence-electron chi connectivity index (χ0n) is 11.1. The van der Waals surface area contributed by atoms with Crippen LogP contribution in [0, 0.1) is 5.41 Å². The number of nitrogens with one attached hydrogen (secondary N) is 1. The first kappa shape index (κ1) is 12.8. The molecule has 0 atom stereocenters. The Kier molecular flexibility index (Phi) is 4.02. The van der Waals surface area contributed by atoms with Gasteiger partial charge in [0.25, 0.3) is 0 Å². The third kappa shape index (κ3) is 2.97. The molecule has 1 saturated carbocycles. The first-order valence-electron chi connectivity index (χ1n) is 6.73. The monoisotopic (exact) mass is 253 g/mol. The molecule has 3 nitrogen and oxygen atoms in total. The van der Waals surface area contributed by atoms with E-state index in [1.165, 1.54) is 43.6 Å². The highest BCUT2D eigenvalue weighted by Gasteiger charge is 2.31. The van der Waals surface area contributed by atoms with Gasteiger partial charge in [0.2, 0.25) is 5.13 Å². The third-order valence-electron chi connectivity index (χ3n) is 3.99. The SMILES string of the molecule is CCC1(CNc2nc(C(C)C)ns2)CCCC1. The minimum atomic E-state index is 0.424. The van der Waals surface area contributed by atoms with E-state index in [1.54, 1.807) is 0 Å². The van der Waals surface area contributed by atoms with E-state index in [2.05, 4.69) is 35.4 Å². The van der Waals surface area contributed by atoms with Crippen LogP contribution >= 0.6 is 11.5 Å². The Bertz CT molecular complexity index is 353. The van der Waals surface area contributed by atoms with Crippen LogP contribution in [0.15, 0.2) is 0 Å². The average Bonchev–Trinajstić information content (AvgIpc) is 2.96. The molecule has 0 bridgehead atoms. The van der Waals surface area contributed by atoms with Gasteiger partial charge in [-0.2, -0.15) is 4.37 Å². The minimum Gasteiger partial charge on any atom is -0.360 e. The number of aromatic nitrogens is 2. The van der Waals surface area contributed by atoms with E-state index < -0.39 is 0 Å². The molecule has 0 amide bonds. The largest absolute Gasteiger partial charge is 0.360 e. The highest BCUT2D eigenvalue weighted by molar-refractivity contribution is 7.09. The molecule has 0 saturated heterocycles. The van der Waals surface area contributed by atoms with Crippen molar-refractivity contribution in [2.75, 3.05) is 11.9 Å². The normalized spacial score (nSPS) is 18.8. The zero-order chi connectivity index (χ0) is 12.3. The van der Waals surface area contributed by atoms with Crippen LogP contribution in [0.4, 0.5) is 5.13 Å².